The molecule has 1 fully saturated rings. The van der Waals surface area contributed by atoms with Crippen LogP contribution >= 0.6 is 0 Å². The molecule has 1 aliphatic heterocycles. The van der Waals surface area contributed by atoms with E-state index < -0.39 is 0 Å². The van der Waals surface area contributed by atoms with Crippen molar-refractivity contribution in [3.63, 3.8) is 0 Å². The van der Waals surface area contributed by atoms with Gasteiger partial charge in [0.1, 0.15) is 0 Å². The van der Waals surface area contributed by atoms with Gasteiger partial charge >= 0.3 is 0 Å². The van der Waals surface area contributed by atoms with E-state index in [0.29, 0.717) is 6.04 Å². The number of hydrogen-bond acceptors (Lipinski definition) is 3. The predicted octanol–water partition coefficient (Wildman–Crippen LogP) is 0.251. The van der Waals surface area contributed by atoms with Gasteiger partial charge in [0.25, 0.3) is 0 Å². The van der Waals surface area contributed by atoms with Gasteiger partial charge in [-0.1, -0.05) is 0 Å². The van der Waals surface area contributed by atoms with Crippen LogP contribution in [0.3, 0.4) is 0 Å². The highest BCUT2D eigenvalue weighted by Crippen LogP contribution is 2.03. The number of aromatic nitrogens is 2. The maximum Gasteiger partial charge on any atom is 0.0532 e. The van der Waals surface area contributed by atoms with Crippen LogP contribution in [0, 0.1) is 0 Å². The lowest BCUT2D eigenvalue weighted by molar-refractivity contribution is 0.386. The summed E-state index contributed by atoms with van der Waals surface area (Å²) in [5, 5.41) is 13.6. The van der Waals surface area contributed by atoms with Crippen molar-refractivity contribution < 1.29 is 0 Å². The fraction of sp³-hybridized carbons (Fsp3) is 0.667. The van der Waals surface area contributed by atoms with Gasteiger partial charge in [-0.2, -0.15) is 5.10 Å². The topological polar surface area (TPSA) is 52.7 Å². The summed E-state index contributed by atoms with van der Waals surface area (Å²) in [6.07, 6.45) is 6.28. The molecule has 72 valence electrons. The first-order valence-electron chi connectivity index (χ1n) is 4.87. The van der Waals surface area contributed by atoms with Crippen LogP contribution in [0.15, 0.2) is 12.4 Å². The summed E-state index contributed by atoms with van der Waals surface area (Å²) in [6, 6.07) is 0.677. The van der Waals surface area contributed by atoms with Crippen molar-refractivity contribution in [1.29, 1.82) is 0 Å². The Morgan fingerprint density at radius 1 is 1.46 bits per heavy atom. The van der Waals surface area contributed by atoms with Crippen LogP contribution in [0.2, 0.25) is 0 Å². The van der Waals surface area contributed by atoms with Gasteiger partial charge in [-0.3, -0.25) is 5.10 Å². The number of hydrogen-bond donors (Lipinski definition) is 3. The molecule has 4 nitrogen and oxygen atoms in total. The normalized spacial score (nSPS) is 19.1. The number of nitrogens with one attached hydrogen (secondary N) is 3. The smallest absolute Gasteiger partial charge is 0.0532 e. The molecule has 1 aliphatic rings. The number of H-pyrrole nitrogens is 1. The quantitative estimate of drug-likeness (QED) is 0.625. The molecule has 1 aromatic rings. The summed E-state index contributed by atoms with van der Waals surface area (Å²) in [5.41, 5.74) is 1.23. The van der Waals surface area contributed by atoms with Crippen LogP contribution in [0.25, 0.3) is 0 Å². The minimum absolute atomic E-state index is 0.677. The molecule has 0 saturated carbocycles. The van der Waals surface area contributed by atoms with Gasteiger partial charge in [0.2, 0.25) is 0 Å². The molecule has 0 amide bonds. The first-order valence-corrected chi connectivity index (χ1v) is 4.87. The molecular weight excluding hydrogens is 164 g/mol. The molecule has 0 bridgehead atoms. The van der Waals surface area contributed by atoms with Gasteiger partial charge in [0, 0.05) is 24.3 Å². The molecule has 4 heteroatoms. The van der Waals surface area contributed by atoms with E-state index in [-0.39, 0.29) is 0 Å². The van der Waals surface area contributed by atoms with E-state index in [9.17, 15) is 0 Å². The third-order valence-electron chi connectivity index (χ3n) is 2.49. The van der Waals surface area contributed by atoms with Crippen molar-refractivity contribution in [1.82, 2.24) is 20.8 Å². The summed E-state index contributed by atoms with van der Waals surface area (Å²) < 4.78 is 0. The monoisotopic (exact) mass is 180 g/mol. The highest BCUT2D eigenvalue weighted by molar-refractivity contribution is 5.01. The zero-order chi connectivity index (χ0) is 8.93. The Hall–Kier alpha value is -0.870. The average molecular weight is 180 g/mol. The molecule has 2 rings (SSSR count). The van der Waals surface area contributed by atoms with Crippen molar-refractivity contribution in [3.05, 3.63) is 18.0 Å². The van der Waals surface area contributed by atoms with Crippen molar-refractivity contribution in [3.8, 4) is 0 Å². The summed E-state index contributed by atoms with van der Waals surface area (Å²) in [6.45, 7) is 3.22. The minimum atomic E-state index is 0.677. The van der Waals surface area contributed by atoms with E-state index in [1.807, 2.05) is 12.4 Å². The largest absolute Gasteiger partial charge is 0.317 e. The van der Waals surface area contributed by atoms with E-state index in [0.717, 1.165) is 19.6 Å². The van der Waals surface area contributed by atoms with E-state index >= 15 is 0 Å². The second-order valence-corrected chi connectivity index (χ2v) is 3.51. The van der Waals surface area contributed by atoms with Crippen molar-refractivity contribution >= 4 is 0 Å². The summed E-state index contributed by atoms with van der Waals surface area (Å²) in [5.74, 6) is 0. The molecule has 0 aromatic carbocycles. The summed E-state index contributed by atoms with van der Waals surface area (Å²) in [7, 11) is 0. The van der Waals surface area contributed by atoms with Crippen LogP contribution in [0.5, 0.6) is 0 Å². The van der Waals surface area contributed by atoms with Crippen LogP contribution in [-0.4, -0.2) is 29.3 Å². The SMILES string of the molecule is c1n[nH]cc1CNC1CCNCC1. The fourth-order valence-electron chi connectivity index (χ4n) is 1.66. The molecule has 2 heterocycles. The predicted molar refractivity (Wildman–Crippen MR) is 51.3 cm³/mol. The molecule has 1 saturated heterocycles. The van der Waals surface area contributed by atoms with Crippen LogP contribution in [0.1, 0.15) is 18.4 Å². The van der Waals surface area contributed by atoms with E-state index in [1.165, 1.54) is 18.4 Å². The summed E-state index contributed by atoms with van der Waals surface area (Å²) in [4.78, 5) is 0. The lowest BCUT2D eigenvalue weighted by atomic mass is 10.1. The average Bonchev–Trinajstić information content (AvgIpc) is 2.69. The summed E-state index contributed by atoms with van der Waals surface area (Å²) >= 11 is 0. The Balaban J connectivity index is 1.72. The minimum Gasteiger partial charge on any atom is -0.317 e. The third kappa shape index (κ3) is 2.54. The second kappa shape index (κ2) is 4.39. The van der Waals surface area contributed by atoms with Gasteiger partial charge < -0.3 is 10.6 Å². The molecule has 1 aromatic heterocycles. The third-order valence-corrected chi connectivity index (χ3v) is 2.49. The van der Waals surface area contributed by atoms with Gasteiger partial charge in [0.05, 0.1) is 6.20 Å². The first-order chi connectivity index (χ1) is 6.45. The second-order valence-electron chi connectivity index (χ2n) is 3.51. The fourth-order valence-corrected chi connectivity index (χ4v) is 1.66. The molecule has 0 aliphatic carbocycles. The molecule has 0 spiro atoms. The maximum atomic E-state index is 3.91. The van der Waals surface area contributed by atoms with Gasteiger partial charge in [-0.05, 0) is 25.9 Å². The molecule has 0 atom stereocenters. The van der Waals surface area contributed by atoms with Gasteiger partial charge in [-0.25, -0.2) is 0 Å². The highest BCUT2D eigenvalue weighted by atomic mass is 15.1. The first kappa shape index (κ1) is 8.72. The number of piperidine rings is 1. The molecule has 13 heavy (non-hydrogen) atoms. The maximum absolute atomic E-state index is 3.91. The number of nitrogens with zero attached hydrogens (tertiary/aromatic N) is 1. The van der Waals surface area contributed by atoms with Crippen LogP contribution in [-0.2, 0) is 6.54 Å². The molecular formula is C9H16N4. The Kier molecular flexibility index (Phi) is 2.94. The Labute approximate surface area is 78.1 Å². The lowest BCUT2D eigenvalue weighted by Crippen LogP contribution is -2.39. The zero-order valence-corrected chi connectivity index (χ0v) is 7.71. The Morgan fingerprint density at radius 3 is 3.00 bits per heavy atom. The number of rotatable bonds is 3. The van der Waals surface area contributed by atoms with E-state index in [2.05, 4.69) is 20.8 Å². The molecule has 0 radical (unpaired) electrons. The van der Waals surface area contributed by atoms with Gasteiger partial charge in [-0.15, -0.1) is 0 Å². The molecule has 0 unspecified atom stereocenters. The van der Waals surface area contributed by atoms with E-state index in [4.69, 9.17) is 0 Å². The Morgan fingerprint density at radius 2 is 2.31 bits per heavy atom. The van der Waals surface area contributed by atoms with Crippen molar-refractivity contribution in [2.24, 2.45) is 0 Å². The molecule has 3 N–H and O–H groups in total. The number of aromatic amines is 1. The lowest BCUT2D eigenvalue weighted by Gasteiger charge is -2.23. The van der Waals surface area contributed by atoms with Crippen molar-refractivity contribution in [2.45, 2.75) is 25.4 Å². The van der Waals surface area contributed by atoms with Gasteiger partial charge in [0.15, 0.2) is 0 Å². The highest BCUT2D eigenvalue weighted by Gasteiger charge is 2.11. The zero-order valence-electron chi connectivity index (χ0n) is 7.71. The standard InChI is InChI=1S/C9H16N4/c1-3-10-4-2-9(1)11-5-8-6-12-13-7-8/h6-7,9-11H,1-5H2,(H,12,13). The van der Waals surface area contributed by atoms with Crippen LogP contribution in [0.4, 0.5) is 0 Å². The van der Waals surface area contributed by atoms with E-state index in [1.54, 1.807) is 0 Å². The van der Waals surface area contributed by atoms with Crippen molar-refractivity contribution in [2.75, 3.05) is 13.1 Å². The van der Waals surface area contributed by atoms with Crippen LogP contribution < -0.4 is 10.6 Å². The Bertz CT molecular complexity index is 226.